The second-order valence-electron chi connectivity index (χ2n) is 5.69. The van der Waals surface area contributed by atoms with Crippen LogP contribution in [0.4, 0.5) is 5.69 Å². The molecule has 24 heavy (non-hydrogen) atoms. The molecule has 0 aromatic heterocycles. The molecular formula is C20H17NO2S. The summed E-state index contributed by atoms with van der Waals surface area (Å²) in [7, 11) is 1.64. The van der Waals surface area contributed by atoms with Gasteiger partial charge in [0.05, 0.1) is 12.9 Å². The molecule has 1 aliphatic heterocycles. The lowest BCUT2D eigenvalue weighted by Gasteiger charge is -2.25. The van der Waals surface area contributed by atoms with Gasteiger partial charge in [0, 0.05) is 5.69 Å². The van der Waals surface area contributed by atoms with E-state index in [4.69, 9.17) is 4.74 Å². The third-order valence-corrected chi connectivity index (χ3v) is 5.50. The van der Waals surface area contributed by atoms with Crippen LogP contribution in [0.2, 0.25) is 0 Å². The molecule has 1 unspecified atom stereocenters. The van der Waals surface area contributed by atoms with Crippen molar-refractivity contribution in [2.75, 3.05) is 17.8 Å². The number of methoxy groups -OCH3 is 1. The van der Waals surface area contributed by atoms with Crippen molar-refractivity contribution in [2.24, 2.45) is 0 Å². The Hall–Kier alpha value is -2.46. The van der Waals surface area contributed by atoms with Gasteiger partial charge in [-0.2, -0.15) is 0 Å². The second-order valence-corrected chi connectivity index (χ2v) is 6.76. The molecule has 120 valence electrons. The predicted molar refractivity (Wildman–Crippen MR) is 99.6 cm³/mol. The van der Waals surface area contributed by atoms with E-state index in [-0.39, 0.29) is 11.3 Å². The van der Waals surface area contributed by atoms with Gasteiger partial charge in [-0.15, -0.1) is 11.8 Å². The molecule has 1 aliphatic rings. The highest BCUT2D eigenvalue weighted by atomic mass is 32.2. The van der Waals surface area contributed by atoms with Gasteiger partial charge in [-0.05, 0) is 40.6 Å². The fraction of sp³-hybridized carbons (Fsp3) is 0.150. The summed E-state index contributed by atoms with van der Waals surface area (Å²) in [6.07, 6.45) is 0. The third-order valence-electron chi connectivity index (χ3n) is 4.31. The second kappa shape index (κ2) is 6.21. The van der Waals surface area contributed by atoms with Crippen LogP contribution in [-0.2, 0) is 4.79 Å². The van der Waals surface area contributed by atoms with Crippen molar-refractivity contribution in [1.29, 1.82) is 0 Å². The summed E-state index contributed by atoms with van der Waals surface area (Å²) in [5.41, 5.74) is 2.09. The first-order chi connectivity index (χ1) is 11.8. The van der Waals surface area contributed by atoms with Crippen molar-refractivity contribution >= 4 is 34.1 Å². The lowest BCUT2D eigenvalue weighted by atomic mass is 10.0. The number of hydrogen-bond donors (Lipinski definition) is 0. The quantitative estimate of drug-likeness (QED) is 0.699. The number of carbonyl (C=O) groups is 1. The number of carbonyl (C=O) groups excluding carboxylic acids is 1. The summed E-state index contributed by atoms with van der Waals surface area (Å²) in [6.45, 7) is 0. The Balaban J connectivity index is 1.79. The van der Waals surface area contributed by atoms with Crippen LogP contribution < -0.4 is 9.64 Å². The molecule has 0 radical (unpaired) electrons. The molecule has 3 aromatic carbocycles. The van der Waals surface area contributed by atoms with E-state index in [0.717, 1.165) is 11.4 Å². The normalized spacial score (nSPS) is 17.5. The Kier molecular flexibility index (Phi) is 3.90. The summed E-state index contributed by atoms with van der Waals surface area (Å²) in [4.78, 5) is 14.4. The van der Waals surface area contributed by atoms with Crippen molar-refractivity contribution in [3.63, 3.8) is 0 Å². The molecule has 4 heteroatoms. The molecule has 3 nitrogen and oxygen atoms in total. The number of hydrogen-bond acceptors (Lipinski definition) is 3. The zero-order valence-corrected chi connectivity index (χ0v) is 14.1. The molecule has 1 amide bonds. The molecule has 1 fully saturated rings. The van der Waals surface area contributed by atoms with Crippen LogP contribution in [0.1, 0.15) is 10.9 Å². The molecule has 0 bridgehead atoms. The summed E-state index contributed by atoms with van der Waals surface area (Å²) < 4.78 is 5.22. The summed E-state index contributed by atoms with van der Waals surface area (Å²) in [5.74, 6) is 1.43. The molecule has 1 saturated heterocycles. The van der Waals surface area contributed by atoms with Gasteiger partial charge in [0.1, 0.15) is 11.1 Å². The molecule has 1 heterocycles. The number of rotatable bonds is 3. The fourth-order valence-electron chi connectivity index (χ4n) is 3.14. The van der Waals surface area contributed by atoms with E-state index >= 15 is 0 Å². The first-order valence-electron chi connectivity index (χ1n) is 7.83. The van der Waals surface area contributed by atoms with Crippen LogP contribution in [0, 0.1) is 0 Å². The lowest BCUT2D eigenvalue weighted by Crippen LogP contribution is -2.27. The first kappa shape index (κ1) is 15.1. The maximum Gasteiger partial charge on any atom is 0.238 e. The average Bonchev–Trinajstić information content (AvgIpc) is 3.02. The van der Waals surface area contributed by atoms with Crippen LogP contribution in [0.15, 0.2) is 66.7 Å². The largest absolute Gasteiger partial charge is 0.497 e. The Bertz CT molecular complexity index is 886. The minimum Gasteiger partial charge on any atom is -0.497 e. The van der Waals surface area contributed by atoms with E-state index in [0.29, 0.717) is 5.75 Å². The van der Waals surface area contributed by atoms with Gasteiger partial charge in [0.15, 0.2) is 0 Å². The van der Waals surface area contributed by atoms with Crippen molar-refractivity contribution < 1.29 is 9.53 Å². The maximum absolute atomic E-state index is 12.5. The van der Waals surface area contributed by atoms with Gasteiger partial charge in [0.2, 0.25) is 5.91 Å². The van der Waals surface area contributed by atoms with E-state index in [9.17, 15) is 4.79 Å². The highest BCUT2D eigenvalue weighted by molar-refractivity contribution is 8.00. The molecule has 0 N–H and O–H groups in total. The zero-order chi connectivity index (χ0) is 16.5. The molecule has 1 atom stereocenters. The van der Waals surface area contributed by atoms with Crippen LogP contribution >= 0.6 is 11.8 Å². The molecule has 3 aromatic rings. The van der Waals surface area contributed by atoms with Crippen molar-refractivity contribution in [2.45, 2.75) is 5.37 Å². The Morgan fingerprint density at radius 3 is 2.54 bits per heavy atom. The van der Waals surface area contributed by atoms with Crippen LogP contribution in [0.25, 0.3) is 10.8 Å². The third kappa shape index (κ3) is 2.53. The lowest BCUT2D eigenvalue weighted by molar-refractivity contribution is -0.115. The van der Waals surface area contributed by atoms with E-state index in [2.05, 4.69) is 30.3 Å². The molecule has 0 saturated carbocycles. The van der Waals surface area contributed by atoms with Gasteiger partial charge in [-0.3, -0.25) is 9.69 Å². The number of fused-ring (bicyclic) bond motifs is 1. The van der Waals surface area contributed by atoms with Gasteiger partial charge >= 0.3 is 0 Å². The minimum atomic E-state index is -0.00278. The molecule has 4 rings (SSSR count). The maximum atomic E-state index is 12.5. The summed E-state index contributed by atoms with van der Waals surface area (Å²) in [5, 5.41) is 2.40. The minimum absolute atomic E-state index is 0.00278. The van der Waals surface area contributed by atoms with E-state index < -0.39 is 0 Å². The SMILES string of the molecule is COc1ccc(N2C(=O)CSC2c2cccc3ccccc23)cc1. The number of thioether (sulfide) groups is 1. The Morgan fingerprint density at radius 1 is 1.00 bits per heavy atom. The van der Waals surface area contributed by atoms with Crippen LogP contribution in [0.5, 0.6) is 5.75 Å². The number of nitrogens with zero attached hydrogens (tertiary/aromatic N) is 1. The van der Waals surface area contributed by atoms with Crippen LogP contribution in [-0.4, -0.2) is 18.8 Å². The van der Waals surface area contributed by atoms with Crippen molar-refractivity contribution in [3.8, 4) is 5.75 Å². The first-order valence-corrected chi connectivity index (χ1v) is 8.88. The monoisotopic (exact) mass is 335 g/mol. The zero-order valence-electron chi connectivity index (χ0n) is 13.3. The van der Waals surface area contributed by atoms with E-state index in [1.54, 1.807) is 18.9 Å². The Labute approximate surface area is 145 Å². The standard InChI is InChI=1S/C20H17NO2S/c1-23-16-11-9-15(10-12-16)21-19(22)13-24-20(21)18-8-4-6-14-5-2-3-7-17(14)18/h2-12,20H,13H2,1H3. The number of benzene rings is 3. The topological polar surface area (TPSA) is 29.5 Å². The van der Waals surface area contributed by atoms with Gasteiger partial charge in [-0.1, -0.05) is 42.5 Å². The van der Waals surface area contributed by atoms with Gasteiger partial charge < -0.3 is 4.74 Å². The highest BCUT2D eigenvalue weighted by Gasteiger charge is 2.34. The van der Waals surface area contributed by atoms with Crippen molar-refractivity contribution in [3.05, 3.63) is 72.3 Å². The van der Waals surface area contributed by atoms with E-state index in [1.807, 2.05) is 41.3 Å². The molecule has 0 spiro atoms. The fourth-order valence-corrected chi connectivity index (χ4v) is 4.35. The predicted octanol–water partition coefficient (Wildman–Crippen LogP) is 4.63. The van der Waals surface area contributed by atoms with Gasteiger partial charge in [-0.25, -0.2) is 0 Å². The van der Waals surface area contributed by atoms with Gasteiger partial charge in [0.25, 0.3) is 0 Å². The van der Waals surface area contributed by atoms with E-state index in [1.165, 1.54) is 16.3 Å². The Morgan fingerprint density at radius 2 is 1.75 bits per heavy atom. The summed E-state index contributed by atoms with van der Waals surface area (Å²) in [6, 6.07) is 22.3. The number of amides is 1. The number of anilines is 1. The highest BCUT2D eigenvalue weighted by Crippen LogP contribution is 2.44. The average molecular weight is 335 g/mol. The van der Waals surface area contributed by atoms with Crippen LogP contribution in [0.3, 0.4) is 0 Å². The molecule has 0 aliphatic carbocycles. The smallest absolute Gasteiger partial charge is 0.238 e. The summed E-state index contributed by atoms with van der Waals surface area (Å²) >= 11 is 1.68. The number of ether oxygens (including phenoxy) is 1. The molecular weight excluding hydrogens is 318 g/mol. The van der Waals surface area contributed by atoms with Crippen molar-refractivity contribution in [1.82, 2.24) is 0 Å².